The molecule has 1 radical (unpaired) electrons. The Labute approximate surface area is 179 Å². The van der Waals surface area contributed by atoms with Crippen molar-refractivity contribution in [2.45, 2.75) is 0 Å². The highest BCUT2D eigenvalue weighted by Gasteiger charge is 2.16. The van der Waals surface area contributed by atoms with E-state index in [1.807, 2.05) is 35.0 Å². The number of rotatable bonds is 3. The number of imidazole rings is 1. The van der Waals surface area contributed by atoms with Gasteiger partial charge in [0.25, 0.3) is 0 Å². The van der Waals surface area contributed by atoms with Crippen molar-refractivity contribution < 1.29 is 0 Å². The maximum atomic E-state index is 4.85. The third kappa shape index (κ3) is 3.21. The van der Waals surface area contributed by atoms with Crippen molar-refractivity contribution in [3.05, 3.63) is 61.2 Å². The van der Waals surface area contributed by atoms with Crippen LogP contribution in [0.5, 0.6) is 0 Å². The molecule has 2 aromatic carbocycles. The van der Waals surface area contributed by atoms with Gasteiger partial charge in [-0.05, 0) is 43.4 Å². The molecule has 1 fully saturated rings. The lowest BCUT2D eigenvalue weighted by atomic mass is 10.1. The van der Waals surface area contributed by atoms with Crippen LogP contribution < -0.4 is 4.90 Å². The average molecular weight is 409 g/mol. The van der Waals surface area contributed by atoms with Crippen LogP contribution >= 0.6 is 0 Å². The summed E-state index contributed by atoms with van der Waals surface area (Å²) in [7, 11) is 2.16. The first kappa shape index (κ1) is 18.0. The van der Waals surface area contributed by atoms with E-state index in [1.165, 1.54) is 5.69 Å². The summed E-state index contributed by atoms with van der Waals surface area (Å²) in [6.07, 6.45) is 5.37. The van der Waals surface area contributed by atoms with E-state index in [4.69, 9.17) is 4.98 Å². The Morgan fingerprint density at radius 2 is 1.87 bits per heavy atom. The molecular weight excluding hydrogens is 388 g/mol. The van der Waals surface area contributed by atoms with E-state index in [-0.39, 0.29) is 0 Å². The van der Waals surface area contributed by atoms with Crippen LogP contribution in [0.15, 0.2) is 55.1 Å². The summed E-state index contributed by atoms with van der Waals surface area (Å²) < 4.78 is 1.98. The second-order valence-corrected chi connectivity index (χ2v) is 7.91. The van der Waals surface area contributed by atoms with Gasteiger partial charge < -0.3 is 9.80 Å². The molecule has 0 saturated carbocycles. The minimum Gasteiger partial charge on any atom is -0.369 e. The molecule has 153 valence electrons. The topological polar surface area (TPSA) is 78.8 Å². The number of aromatic nitrogens is 6. The van der Waals surface area contributed by atoms with Gasteiger partial charge >= 0.3 is 0 Å². The number of benzene rings is 2. The first-order valence-corrected chi connectivity index (χ1v) is 10.3. The number of nitrogens with zero attached hydrogens (tertiary/aromatic N) is 7. The average Bonchev–Trinajstić information content (AvgIpc) is 3.45. The van der Waals surface area contributed by atoms with Gasteiger partial charge in [-0.15, -0.1) is 0 Å². The van der Waals surface area contributed by atoms with Crippen molar-refractivity contribution in [1.82, 2.24) is 34.6 Å². The van der Waals surface area contributed by atoms with Crippen molar-refractivity contribution in [3.63, 3.8) is 0 Å². The summed E-state index contributed by atoms with van der Waals surface area (Å²) in [5.74, 6) is 0.646. The fraction of sp³-hybridized carbons (Fsp3) is 0.217. The first-order valence-electron chi connectivity index (χ1n) is 10.3. The van der Waals surface area contributed by atoms with Crippen LogP contribution in [0.1, 0.15) is 0 Å². The highest BCUT2D eigenvalue weighted by atomic mass is 15.2. The van der Waals surface area contributed by atoms with Gasteiger partial charge in [-0.25, -0.2) is 15.0 Å². The summed E-state index contributed by atoms with van der Waals surface area (Å²) >= 11 is 0. The Kier molecular flexibility index (Phi) is 4.17. The van der Waals surface area contributed by atoms with E-state index in [0.717, 1.165) is 59.5 Å². The number of anilines is 1. The van der Waals surface area contributed by atoms with Crippen LogP contribution in [0.4, 0.5) is 5.69 Å². The van der Waals surface area contributed by atoms with Crippen LogP contribution in [0.25, 0.3) is 39.1 Å². The van der Waals surface area contributed by atoms with Crippen LogP contribution in [0, 0.1) is 6.07 Å². The fourth-order valence-electron chi connectivity index (χ4n) is 4.05. The lowest BCUT2D eigenvalue weighted by molar-refractivity contribution is 0.313. The zero-order valence-electron chi connectivity index (χ0n) is 17.2. The molecule has 1 saturated heterocycles. The minimum absolute atomic E-state index is 0.646. The summed E-state index contributed by atoms with van der Waals surface area (Å²) in [6, 6.07) is 15.6. The molecule has 1 aliphatic rings. The minimum atomic E-state index is 0.646. The smallest absolute Gasteiger partial charge is 0.168 e. The number of hydrogen-bond donors (Lipinski definition) is 1. The second-order valence-electron chi connectivity index (χ2n) is 7.91. The molecule has 1 aliphatic heterocycles. The molecular formula is C23H21N8. The third-order valence-electron chi connectivity index (χ3n) is 5.89. The van der Waals surface area contributed by atoms with Gasteiger partial charge in [-0.2, -0.15) is 5.10 Å². The number of nitrogens with one attached hydrogen (secondary N) is 1. The molecule has 0 spiro atoms. The molecule has 1 N–H and O–H groups in total. The zero-order valence-corrected chi connectivity index (χ0v) is 17.2. The Balaban J connectivity index is 1.39. The SMILES string of the molecule is CN1CCN(c2cc[c]c(-c3ncc4ncn(-c5ccc6cn[nH]c6c5)c4n3)c2)CC1. The molecule has 5 aromatic rings. The number of hydrogen-bond acceptors (Lipinski definition) is 6. The van der Waals surface area contributed by atoms with E-state index >= 15 is 0 Å². The highest BCUT2D eigenvalue weighted by Crippen LogP contribution is 2.25. The highest BCUT2D eigenvalue weighted by molar-refractivity contribution is 5.82. The van der Waals surface area contributed by atoms with Crippen LogP contribution in [-0.2, 0) is 0 Å². The third-order valence-corrected chi connectivity index (χ3v) is 5.89. The van der Waals surface area contributed by atoms with Gasteiger partial charge in [0.15, 0.2) is 11.5 Å². The number of aromatic amines is 1. The number of H-pyrrole nitrogens is 1. The molecule has 0 unspecified atom stereocenters. The van der Waals surface area contributed by atoms with Crippen molar-refractivity contribution in [2.75, 3.05) is 38.1 Å². The Hall–Kier alpha value is -3.78. The quantitative estimate of drug-likeness (QED) is 0.494. The predicted octanol–water partition coefficient (Wildman–Crippen LogP) is 2.91. The van der Waals surface area contributed by atoms with Gasteiger partial charge in [-0.3, -0.25) is 9.67 Å². The molecule has 0 bridgehead atoms. The normalized spacial score (nSPS) is 15.2. The summed E-state index contributed by atoms with van der Waals surface area (Å²) in [4.78, 5) is 18.7. The van der Waals surface area contributed by atoms with E-state index in [1.54, 1.807) is 12.5 Å². The maximum Gasteiger partial charge on any atom is 0.168 e. The molecule has 0 atom stereocenters. The van der Waals surface area contributed by atoms with Gasteiger partial charge in [0.2, 0.25) is 0 Å². The number of likely N-dealkylation sites (N-methyl/N-ethyl adjacent to an activating group) is 1. The molecule has 6 rings (SSSR count). The second kappa shape index (κ2) is 7.17. The van der Waals surface area contributed by atoms with Crippen molar-refractivity contribution in [2.24, 2.45) is 0 Å². The predicted molar refractivity (Wildman–Crippen MR) is 120 cm³/mol. The standard InChI is InChI=1S/C23H21N8/c1-29-7-9-30(10-8-29)18-4-2-3-16(11-18)22-24-14-21-23(27-22)31(15-25-21)19-6-5-17-13-26-28-20(17)12-19/h2,4-6,11-15H,7-10H2,1H3,(H,26,28). The fourth-order valence-corrected chi connectivity index (χ4v) is 4.05. The largest absolute Gasteiger partial charge is 0.369 e. The first-order chi connectivity index (χ1) is 15.2. The maximum absolute atomic E-state index is 4.85. The monoisotopic (exact) mass is 409 g/mol. The Bertz CT molecular complexity index is 1380. The van der Waals surface area contributed by atoms with Gasteiger partial charge in [0, 0.05) is 42.8 Å². The number of piperazine rings is 1. The molecule has 31 heavy (non-hydrogen) atoms. The van der Waals surface area contributed by atoms with Crippen LogP contribution in [0.2, 0.25) is 0 Å². The van der Waals surface area contributed by atoms with E-state index in [0.29, 0.717) is 5.82 Å². The molecule has 0 amide bonds. The molecule has 8 heteroatoms. The van der Waals surface area contributed by atoms with E-state index in [9.17, 15) is 0 Å². The number of fused-ring (bicyclic) bond motifs is 2. The Morgan fingerprint density at radius 3 is 2.77 bits per heavy atom. The van der Waals surface area contributed by atoms with Crippen molar-refractivity contribution in [3.8, 4) is 17.1 Å². The lowest BCUT2D eigenvalue weighted by Gasteiger charge is -2.34. The molecule has 3 aromatic heterocycles. The van der Waals surface area contributed by atoms with Crippen molar-refractivity contribution >= 4 is 27.8 Å². The zero-order chi connectivity index (χ0) is 20.8. The summed E-state index contributed by atoms with van der Waals surface area (Å²) in [5, 5.41) is 8.19. The van der Waals surface area contributed by atoms with Gasteiger partial charge in [0.1, 0.15) is 11.8 Å². The van der Waals surface area contributed by atoms with Crippen molar-refractivity contribution in [1.29, 1.82) is 0 Å². The van der Waals surface area contributed by atoms with E-state index < -0.39 is 0 Å². The van der Waals surface area contributed by atoms with Crippen LogP contribution in [-0.4, -0.2) is 67.8 Å². The summed E-state index contributed by atoms with van der Waals surface area (Å²) in [5.41, 5.74) is 5.53. The summed E-state index contributed by atoms with van der Waals surface area (Å²) in [6.45, 7) is 4.16. The lowest BCUT2D eigenvalue weighted by Crippen LogP contribution is -2.44. The van der Waals surface area contributed by atoms with Gasteiger partial charge in [0.05, 0.1) is 23.6 Å². The van der Waals surface area contributed by atoms with E-state index in [2.05, 4.69) is 55.2 Å². The van der Waals surface area contributed by atoms with Crippen LogP contribution in [0.3, 0.4) is 0 Å². The molecule has 4 heterocycles. The molecule has 0 aliphatic carbocycles. The molecule has 8 nitrogen and oxygen atoms in total. The Morgan fingerprint density at radius 1 is 0.968 bits per heavy atom. The van der Waals surface area contributed by atoms with Gasteiger partial charge in [-0.1, -0.05) is 6.07 Å².